The maximum Gasteiger partial charge on any atom is 0.106 e. The molecular formula is C20H23BrN2. The monoisotopic (exact) mass is 370 g/mol. The minimum absolute atomic E-state index is 0.873. The van der Waals surface area contributed by atoms with Crippen LogP contribution in [0.15, 0.2) is 41.1 Å². The van der Waals surface area contributed by atoms with Crippen LogP contribution in [0.4, 0.5) is 0 Å². The molecule has 0 saturated heterocycles. The van der Waals surface area contributed by atoms with Crippen molar-refractivity contribution in [1.29, 1.82) is 0 Å². The van der Waals surface area contributed by atoms with Crippen molar-refractivity contribution >= 4 is 15.9 Å². The van der Waals surface area contributed by atoms with Crippen molar-refractivity contribution in [2.75, 3.05) is 13.1 Å². The zero-order chi connectivity index (χ0) is 15.6. The zero-order valence-electron chi connectivity index (χ0n) is 13.5. The van der Waals surface area contributed by atoms with Gasteiger partial charge in [0.15, 0.2) is 0 Å². The number of pyridine rings is 1. The molecule has 1 aromatic heterocycles. The van der Waals surface area contributed by atoms with Crippen molar-refractivity contribution < 1.29 is 0 Å². The maximum atomic E-state index is 4.33. The van der Waals surface area contributed by atoms with Crippen LogP contribution < -0.4 is 0 Å². The summed E-state index contributed by atoms with van der Waals surface area (Å²) in [6, 6.07) is 12.1. The number of hydrogen-bond acceptors (Lipinski definition) is 2. The lowest BCUT2D eigenvalue weighted by molar-refractivity contribution is 0.133. The van der Waals surface area contributed by atoms with Crippen molar-refractivity contribution in [3.63, 3.8) is 0 Å². The Kier molecular flexibility index (Phi) is 4.50. The predicted molar refractivity (Wildman–Crippen MR) is 97.8 cm³/mol. The highest BCUT2D eigenvalue weighted by Gasteiger charge is 2.26. The molecule has 1 fully saturated rings. The first-order valence-electron chi connectivity index (χ1n) is 8.73. The molecule has 0 unspecified atom stereocenters. The molecule has 4 rings (SSSR count). The van der Waals surface area contributed by atoms with Gasteiger partial charge in [-0.3, -0.25) is 4.90 Å². The largest absolute Gasteiger partial charge is 0.300 e. The van der Waals surface area contributed by atoms with Crippen molar-refractivity contribution in [2.45, 2.75) is 44.6 Å². The molecule has 3 heteroatoms. The van der Waals surface area contributed by atoms with Crippen LogP contribution in [0.3, 0.4) is 0 Å². The van der Waals surface area contributed by atoms with Crippen LogP contribution in [-0.2, 0) is 19.3 Å². The van der Waals surface area contributed by atoms with E-state index >= 15 is 0 Å². The van der Waals surface area contributed by atoms with Gasteiger partial charge in [0.1, 0.15) is 4.60 Å². The summed E-state index contributed by atoms with van der Waals surface area (Å²) in [7, 11) is 0. The summed E-state index contributed by atoms with van der Waals surface area (Å²) in [5.41, 5.74) is 5.81. The van der Waals surface area contributed by atoms with Crippen molar-refractivity contribution in [3.05, 3.63) is 63.4 Å². The van der Waals surface area contributed by atoms with E-state index in [0.29, 0.717) is 0 Å². The van der Waals surface area contributed by atoms with E-state index in [-0.39, 0.29) is 0 Å². The standard InChI is InChI=1S/C20H23BrN2/c21-20-7-5-16(14-22-20)12-15-4-6-17-8-10-23(19-2-1-3-19)11-9-18(17)13-15/h4-7,13-14,19H,1-3,8-12H2. The van der Waals surface area contributed by atoms with Gasteiger partial charge in [0.05, 0.1) is 0 Å². The van der Waals surface area contributed by atoms with E-state index in [0.717, 1.165) is 17.1 Å². The number of nitrogens with zero attached hydrogens (tertiary/aromatic N) is 2. The van der Waals surface area contributed by atoms with Gasteiger partial charge < -0.3 is 0 Å². The van der Waals surface area contributed by atoms with Crippen LogP contribution in [-0.4, -0.2) is 29.0 Å². The van der Waals surface area contributed by atoms with Gasteiger partial charge in [0.2, 0.25) is 0 Å². The SMILES string of the molecule is Brc1ccc(Cc2ccc3c(c2)CCN(C2CCC2)CC3)cn1. The molecular weight excluding hydrogens is 348 g/mol. The van der Waals surface area contributed by atoms with E-state index in [2.05, 4.69) is 50.1 Å². The fraction of sp³-hybridized carbons (Fsp3) is 0.450. The number of rotatable bonds is 3. The molecule has 1 aliphatic heterocycles. The van der Waals surface area contributed by atoms with Gasteiger partial charge in [-0.15, -0.1) is 0 Å². The van der Waals surface area contributed by atoms with Gasteiger partial charge in [-0.25, -0.2) is 4.98 Å². The van der Waals surface area contributed by atoms with Crippen LogP contribution >= 0.6 is 15.9 Å². The Balaban J connectivity index is 1.48. The Labute approximate surface area is 147 Å². The van der Waals surface area contributed by atoms with Crippen LogP contribution in [0.2, 0.25) is 0 Å². The van der Waals surface area contributed by atoms with E-state index in [1.807, 2.05) is 12.3 Å². The van der Waals surface area contributed by atoms with Gasteiger partial charge >= 0.3 is 0 Å². The lowest BCUT2D eigenvalue weighted by Crippen LogP contribution is -2.41. The Morgan fingerprint density at radius 3 is 2.48 bits per heavy atom. The Morgan fingerprint density at radius 1 is 1.00 bits per heavy atom. The summed E-state index contributed by atoms with van der Waals surface area (Å²) in [6.07, 6.45) is 9.62. The summed E-state index contributed by atoms with van der Waals surface area (Å²) in [4.78, 5) is 7.06. The molecule has 0 radical (unpaired) electrons. The molecule has 23 heavy (non-hydrogen) atoms. The molecule has 2 heterocycles. The van der Waals surface area contributed by atoms with Crippen LogP contribution in [0.5, 0.6) is 0 Å². The highest BCUT2D eigenvalue weighted by molar-refractivity contribution is 9.10. The predicted octanol–water partition coefficient (Wildman–Crippen LogP) is 4.39. The van der Waals surface area contributed by atoms with Crippen molar-refractivity contribution in [1.82, 2.24) is 9.88 Å². The topological polar surface area (TPSA) is 16.1 Å². The number of hydrogen-bond donors (Lipinski definition) is 0. The first-order chi connectivity index (χ1) is 11.3. The Bertz CT molecular complexity index is 677. The van der Waals surface area contributed by atoms with E-state index in [1.54, 1.807) is 11.1 Å². The fourth-order valence-corrected chi connectivity index (χ4v) is 4.00. The molecule has 1 saturated carbocycles. The minimum Gasteiger partial charge on any atom is -0.300 e. The average molecular weight is 371 g/mol. The van der Waals surface area contributed by atoms with E-state index in [9.17, 15) is 0 Å². The van der Waals surface area contributed by atoms with E-state index < -0.39 is 0 Å². The van der Waals surface area contributed by atoms with Crippen molar-refractivity contribution in [3.8, 4) is 0 Å². The van der Waals surface area contributed by atoms with Gasteiger partial charge in [-0.1, -0.05) is 30.7 Å². The molecule has 0 atom stereocenters. The third-order valence-electron chi connectivity index (χ3n) is 5.40. The van der Waals surface area contributed by atoms with Gasteiger partial charge in [0.25, 0.3) is 0 Å². The van der Waals surface area contributed by atoms with Gasteiger partial charge in [0, 0.05) is 25.3 Å². The Hall–Kier alpha value is -1.19. The molecule has 2 aliphatic rings. The summed E-state index contributed by atoms with van der Waals surface area (Å²) >= 11 is 3.40. The normalized spacial score (nSPS) is 19.0. The van der Waals surface area contributed by atoms with Crippen LogP contribution in [0.25, 0.3) is 0 Å². The van der Waals surface area contributed by atoms with Crippen LogP contribution in [0, 0.1) is 0 Å². The molecule has 120 valence electrons. The van der Waals surface area contributed by atoms with E-state index in [1.165, 1.54) is 56.3 Å². The number of benzene rings is 1. The summed E-state index contributed by atoms with van der Waals surface area (Å²) in [5.74, 6) is 0. The molecule has 1 aromatic carbocycles. The molecule has 2 aromatic rings. The third kappa shape index (κ3) is 3.51. The second kappa shape index (κ2) is 6.74. The van der Waals surface area contributed by atoms with Gasteiger partial charge in [-0.05, 0) is 76.4 Å². The molecule has 0 amide bonds. The summed E-state index contributed by atoms with van der Waals surface area (Å²) in [6.45, 7) is 2.48. The Morgan fingerprint density at radius 2 is 1.78 bits per heavy atom. The molecule has 1 aliphatic carbocycles. The highest BCUT2D eigenvalue weighted by Crippen LogP contribution is 2.28. The van der Waals surface area contributed by atoms with E-state index in [4.69, 9.17) is 0 Å². The second-order valence-electron chi connectivity index (χ2n) is 6.89. The average Bonchev–Trinajstić information content (AvgIpc) is 2.71. The van der Waals surface area contributed by atoms with Crippen LogP contribution in [0.1, 0.15) is 41.5 Å². The third-order valence-corrected chi connectivity index (χ3v) is 5.86. The highest BCUT2D eigenvalue weighted by atomic mass is 79.9. The lowest BCUT2D eigenvalue weighted by Gasteiger charge is -2.36. The van der Waals surface area contributed by atoms with Gasteiger partial charge in [-0.2, -0.15) is 0 Å². The number of fused-ring (bicyclic) bond motifs is 1. The smallest absolute Gasteiger partial charge is 0.106 e. The molecule has 0 N–H and O–H groups in total. The lowest BCUT2D eigenvalue weighted by atomic mass is 9.91. The fourth-order valence-electron chi connectivity index (χ4n) is 3.77. The molecule has 0 bridgehead atoms. The van der Waals surface area contributed by atoms with Crippen molar-refractivity contribution in [2.24, 2.45) is 0 Å². The molecule has 0 spiro atoms. The number of aromatic nitrogens is 1. The number of halogens is 1. The second-order valence-corrected chi connectivity index (χ2v) is 7.70. The maximum absolute atomic E-state index is 4.33. The summed E-state index contributed by atoms with van der Waals surface area (Å²) in [5, 5.41) is 0. The quantitative estimate of drug-likeness (QED) is 0.744. The first kappa shape index (κ1) is 15.3. The zero-order valence-corrected chi connectivity index (χ0v) is 15.1. The summed E-state index contributed by atoms with van der Waals surface area (Å²) < 4.78 is 0.902. The molecule has 2 nitrogen and oxygen atoms in total. The minimum atomic E-state index is 0.873. The first-order valence-corrected chi connectivity index (χ1v) is 9.52.